The molecule has 1 unspecified atom stereocenters. The molecule has 0 amide bonds. The summed E-state index contributed by atoms with van der Waals surface area (Å²) in [6.07, 6.45) is 13.6. The minimum absolute atomic E-state index is 0.220. The maximum absolute atomic E-state index is 10.5. The van der Waals surface area contributed by atoms with Gasteiger partial charge in [-0.05, 0) is 32.6 Å². The summed E-state index contributed by atoms with van der Waals surface area (Å²) in [6, 6.07) is 0. The van der Waals surface area contributed by atoms with Crippen molar-refractivity contribution in [3.63, 3.8) is 0 Å². The topological polar surface area (TPSA) is 17.1 Å². The van der Waals surface area contributed by atoms with E-state index in [0.29, 0.717) is 0 Å². The third kappa shape index (κ3) is 7.51. The maximum Gasteiger partial charge on any atom is 0.123 e. The van der Waals surface area contributed by atoms with Gasteiger partial charge in [0.1, 0.15) is 6.29 Å². The summed E-state index contributed by atoms with van der Waals surface area (Å²) in [7, 11) is 0. The Balaban J connectivity index is 3.44. The number of allylic oxidation sites excluding steroid dienone is 4. The molecule has 0 heterocycles. The van der Waals surface area contributed by atoms with Crippen LogP contribution in [0.25, 0.3) is 0 Å². The molecule has 0 aromatic heterocycles. The number of rotatable bonds is 7. The molecule has 0 N–H and O–H groups in total. The van der Waals surface area contributed by atoms with Crippen molar-refractivity contribution in [2.24, 2.45) is 5.92 Å². The van der Waals surface area contributed by atoms with Crippen molar-refractivity contribution >= 4 is 6.29 Å². The van der Waals surface area contributed by atoms with Crippen LogP contribution < -0.4 is 0 Å². The molecule has 1 nitrogen and oxygen atoms in total. The molecule has 0 aromatic rings. The Hall–Kier alpha value is -0.850. The van der Waals surface area contributed by atoms with E-state index in [-0.39, 0.29) is 5.92 Å². The van der Waals surface area contributed by atoms with Gasteiger partial charge in [-0.3, -0.25) is 0 Å². The predicted molar refractivity (Wildman–Crippen MR) is 57.7 cm³/mol. The third-order valence-corrected chi connectivity index (χ3v) is 2.06. The van der Waals surface area contributed by atoms with E-state index in [4.69, 9.17) is 0 Å². The Morgan fingerprint density at radius 1 is 1.15 bits per heavy atom. The Morgan fingerprint density at radius 3 is 2.38 bits per heavy atom. The van der Waals surface area contributed by atoms with Crippen molar-refractivity contribution < 1.29 is 4.79 Å². The normalized spacial score (nSPS) is 14.0. The minimum atomic E-state index is 0.220. The molecule has 0 spiro atoms. The van der Waals surface area contributed by atoms with Gasteiger partial charge < -0.3 is 4.79 Å². The van der Waals surface area contributed by atoms with Gasteiger partial charge in [0.05, 0.1) is 0 Å². The van der Waals surface area contributed by atoms with Crippen LogP contribution in [0.2, 0.25) is 0 Å². The smallest absolute Gasteiger partial charge is 0.123 e. The average molecular weight is 180 g/mol. The molecule has 0 fully saturated rings. The van der Waals surface area contributed by atoms with Crippen LogP contribution in [-0.4, -0.2) is 6.29 Å². The van der Waals surface area contributed by atoms with Crippen molar-refractivity contribution in [2.45, 2.75) is 39.5 Å². The summed E-state index contributed by atoms with van der Waals surface area (Å²) in [6.45, 7) is 4.08. The highest BCUT2D eigenvalue weighted by Gasteiger charge is 1.99. The Kier molecular flexibility index (Phi) is 8.64. The monoisotopic (exact) mass is 180 g/mol. The number of unbranched alkanes of at least 4 members (excludes halogenated alkanes) is 1. The molecule has 0 saturated carbocycles. The van der Waals surface area contributed by atoms with Gasteiger partial charge in [-0.25, -0.2) is 0 Å². The summed E-state index contributed by atoms with van der Waals surface area (Å²) in [5, 5.41) is 0. The van der Waals surface area contributed by atoms with E-state index in [1.165, 1.54) is 0 Å². The van der Waals surface area contributed by atoms with Gasteiger partial charge in [-0.1, -0.05) is 31.2 Å². The maximum atomic E-state index is 10.5. The number of carbonyl (C=O) groups excluding carboxylic acids is 1. The largest absolute Gasteiger partial charge is 0.303 e. The molecule has 1 atom stereocenters. The van der Waals surface area contributed by atoms with Crippen molar-refractivity contribution in [3.8, 4) is 0 Å². The number of carbonyl (C=O) groups is 1. The van der Waals surface area contributed by atoms with E-state index in [2.05, 4.69) is 24.3 Å². The molecule has 13 heavy (non-hydrogen) atoms. The Labute approximate surface area is 81.5 Å². The zero-order chi connectivity index (χ0) is 9.94. The van der Waals surface area contributed by atoms with Gasteiger partial charge in [0.15, 0.2) is 0 Å². The molecule has 0 aliphatic rings. The Bertz CT molecular complexity index is 168. The van der Waals surface area contributed by atoms with Gasteiger partial charge in [-0.2, -0.15) is 0 Å². The molecular formula is C12H20O. The third-order valence-electron chi connectivity index (χ3n) is 2.06. The number of hydrogen-bond acceptors (Lipinski definition) is 1. The van der Waals surface area contributed by atoms with Crippen molar-refractivity contribution in [3.05, 3.63) is 24.3 Å². The second-order valence-corrected chi connectivity index (χ2v) is 3.16. The van der Waals surface area contributed by atoms with Crippen LogP contribution in [0, 0.1) is 5.92 Å². The van der Waals surface area contributed by atoms with E-state index < -0.39 is 0 Å². The molecule has 0 saturated heterocycles. The van der Waals surface area contributed by atoms with E-state index in [1.807, 2.05) is 13.8 Å². The summed E-state index contributed by atoms with van der Waals surface area (Å²) in [5.41, 5.74) is 0. The standard InChI is InChI=1S/C12H20O/c1-3-5-6-7-8-9-10-12(4-2)11-13/h3,5,8-9,11-12H,4,6-7,10H2,1-2H3/b5-3+,9-8+. The van der Waals surface area contributed by atoms with Crippen LogP contribution in [0.4, 0.5) is 0 Å². The zero-order valence-corrected chi connectivity index (χ0v) is 8.70. The van der Waals surface area contributed by atoms with Crippen LogP contribution >= 0.6 is 0 Å². The molecular weight excluding hydrogens is 160 g/mol. The SMILES string of the molecule is C/C=C/CC/C=C/CC(C=O)CC. The van der Waals surface area contributed by atoms with E-state index in [1.54, 1.807) is 0 Å². The zero-order valence-electron chi connectivity index (χ0n) is 8.70. The van der Waals surface area contributed by atoms with Gasteiger partial charge in [0.25, 0.3) is 0 Å². The first kappa shape index (κ1) is 12.2. The second kappa shape index (κ2) is 9.24. The molecule has 0 aromatic carbocycles. The quantitative estimate of drug-likeness (QED) is 0.333. The highest BCUT2D eigenvalue weighted by molar-refractivity contribution is 5.53. The van der Waals surface area contributed by atoms with Crippen molar-refractivity contribution in [1.29, 1.82) is 0 Å². The first-order chi connectivity index (χ1) is 6.35. The van der Waals surface area contributed by atoms with Gasteiger partial charge in [0, 0.05) is 5.92 Å². The fourth-order valence-electron chi connectivity index (χ4n) is 1.07. The van der Waals surface area contributed by atoms with E-state index in [0.717, 1.165) is 32.0 Å². The highest BCUT2D eigenvalue weighted by atomic mass is 16.1. The number of hydrogen-bond donors (Lipinski definition) is 0. The first-order valence-corrected chi connectivity index (χ1v) is 5.06. The fourth-order valence-corrected chi connectivity index (χ4v) is 1.07. The molecule has 74 valence electrons. The molecule has 0 aliphatic heterocycles. The summed E-state index contributed by atoms with van der Waals surface area (Å²) < 4.78 is 0. The molecule has 0 aliphatic carbocycles. The van der Waals surface area contributed by atoms with Gasteiger partial charge >= 0.3 is 0 Å². The summed E-state index contributed by atoms with van der Waals surface area (Å²) >= 11 is 0. The molecule has 1 heteroatoms. The van der Waals surface area contributed by atoms with Crippen LogP contribution in [0.1, 0.15) is 39.5 Å². The van der Waals surface area contributed by atoms with Gasteiger partial charge in [-0.15, -0.1) is 0 Å². The average Bonchev–Trinajstić information content (AvgIpc) is 2.17. The summed E-state index contributed by atoms with van der Waals surface area (Å²) in [4.78, 5) is 10.5. The second-order valence-electron chi connectivity index (χ2n) is 3.16. The van der Waals surface area contributed by atoms with Gasteiger partial charge in [0.2, 0.25) is 0 Å². The fraction of sp³-hybridized carbons (Fsp3) is 0.583. The molecule has 0 radical (unpaired) electrons. The lowest BCUT2D eigenvalue weighted by Crippen LogP contribution is -1.96. The summed E-state index contributed by atoms with van der Waals surface area (Å²) in [5.74, 6) is 0.220. The first-order valence-electron chi connectivity index (χ1n) is 5.06. The van der Waals surface area contributed by atoms with Crippen LogP contribution in [0.15, 0.2) is 24.3 Å². The lowest BCUT2D eigenvalue weighted by Gasteiger charge is -2.00. The highest BCUT2D eigenvalue weighted by Crippen LogP contribution is 2.05. The van der Waals surface area contributed by atoms with Crippen LogP contribution in [0.5, 0.6) is 0 Å². The van der Waals surface area contributed by atoms with Crippen molar-refractivity contribution in [2.75, 3.05) is 0 Å². The van der Waals surface area contributed by atoms with E-state index >= 15 is 0 Å². The van der Waals surface area contributed by atoms with Crippen LogP contribution in [0.3, 0.4) is 0 Å². The Morgan fingerprint density at radius 2 is 1.85 bits per heavy atom. The molecule has 0 bridgehead atoms. The molecule has 0 rings (SSSR count). The van der Waals surface area contributed by atoms with Crippen molar-refractivity contribution in [1.82, 2.24) is 0 Å². The minimum Gasteiger partial charge on any atom is -0.303 e. The lowest BCUT2D eigenvalue weighted by molar-refractivity contribution is -0.111. The predicted octanol–water partition coefficient (Wildman–Crippen LogP) is 3.51. The van der Waals surface area contributed by atoms with Crippen LogP contribution in [-0.2, 0) is 4.79 Å². The lowest BCUT2D eigenvalue weighted by atomic mass is 10.0. The van der Waals surface area contributed by atoms with E-state index in [9.17, 15) is 4.79 Å². The number of aldehydes is 1.